The molecule has 7 heteroatoms. The largest absolute Gasteiger partial charge is 0.489 e. The van der Waals surface area contributed by atoms with Crippen molar-refractivity contribution in [1.82, 2.24) is 25.4 Å². The molecule has 1 aromatic carbocycles. The third kappa shape index (κ3) is 6.48. The molecular formula is C22H34N6O. The zero-order valence-electron chi connectivity index (χ0n) is 17.9. The minimum absolute atomic E-state index is 0.0433. The van der Waals surface area contributed by atoms with Gasteiger partial charge in [-0.05, 0) is 50.8 Å². The van der Waals surface area contributed by atoms with E-state index in [-0.39, 0.29) is 6.10 Å². The normalized spacial score (nSPS) is 15.3. The Labute approximate surface area is 174 Å². The average molecular weight is 399 g/mol. The highest BCUT2D eigenvalue weighted by molar-refractivity contribution is 5.79. The number of benzene rings is 1. The van der Waals surface area contributed by atoms with E-state index in [1.807, 2.05) is 12.1 Å². The lowest BCUT2D eigenvalue weighted by Crippen LogP contribution is -2.42. The van der Waals surface area contributed by atoms with Crippen molar-refractivity contribution < 1.29 is 4.74 Å². The molecule has 1 atom stereocenters. The first kappa shape index (κ1) is 21.1. The molecule has 0 saturated heterocycles. The Hall–Kier alpha value is -2.57. The molecule has 29 heavy (non-hydrogen) atoms. The first-order chi connectivity index (χ1) is 14.2. The highest BCUT2D eigenvalue weighted by Gasteiger charge is 2.14. The molecule has 0 saturated carbocycles. The molecule has 1 aliphatic rings. The van der Waals surface area contributed by atoms with Crippen molar-refractivity contribution in [2.24, 2.45) is 4.99 Å². The van der Waals surface area contributed by atoms with Crippen molar-refractivity contribution in [3.05, 3.63) is 41.5 Å². The molecule has 0 amide bonds. The predicted molar refractivity (Wildman–Crippen MR) is 117 cm³/mol. The summed E-state index contributed by atoms with van der Waals surface area (Å²) in [5.41, 5.74) is 1.20. The van der Waals surface area contributed by atoms with E-state index in [0.29, 0.717) is 6.54 Å². The van der Waals surface area contributed by atoms with E-state index >= 15 is 0 Å². The van der Waals surface area contributed by atoms with Crippen LogP contribution in [-0.2, 0) is 19.4 Å². The Balaban J connectivity index is 1.37. The SMILES string of the molecule is CN=C(NCCCc1nnc2n1CCCCC2)NCC(C)Oc1cccc(C)c1. The number of aryl methyl sites for hydroxylation is 3. The summed E-state index contributed by atoms with van der Waals surface area (Å²) in [5, 5.41) is 15.5. The van der Waals surface area contributed by atoms with Crippen LogP contribution in [0.1, 0.15) is 49.8 Å². The minimum atomic E-state index is 0.0433. The van der Waals surface area contributed by atoms with Gasteiger partial charge in [0.25, 0.3) is 0 Å². The van der Waals surface area contributed by atoms with Gasteiger partial charge in [0.05, 0.1) is 6.54 Å². The summed E-state index contributed by atoms with van der Waals surface area (Å²) in [4.78, 5) is 4.30. The maximum absolute atomic E-state index is 5.96. The Kier molecular flexibility index (Phi) is 7.90. The molecule has 0 bridgehead atoms. The number of aromatic nitrogens is 3. The van der Waals surface area contributed by atoms with Gasteiger partial charge in [-0.2, -0.15) is 0 Å². The number of guanidine groups is 1. The molecule has 0 aliphatic carbocycles. The molecule has 1 unspecified atom stereocenters. The van der Waals surface area contributed by atoms with Crippen LogP contribution in [0.25, 0.3) is 0 Å². The number of nitrogens with zero attached hydrogens (tertiary/aromatic N) is 4. The van der Waals surface area contributed by atoms with Crippen LogP contribution >= 0.6 is 0 Å². The maximum atomic E-state index is 5.96. The Morgan fingerprint density at radius 3 is 2.97 bits per heavy atom. The zero-order valence-corrected chi connectivity index (χ0v) is 17.9. The van der Waals surface area contributed by atoms with Gasteiger partial charge in [-0.15, -0.1) is 10.2 Å². The van der Waals surface area contributed by atoms with E-state index in [9.17, 15) is 0 Å². The van der Waals surface area contributed by atoms with Crippen molar-refractivity contribution in [3.63, 3.8) is 0 Å². The number of aliphatic imine (C=N–C) groups is 1. The van der Waals surface area contributed by atoms with E-state index < -0.39 is 0 Å². The number of ether oxygens (including phenoxy) is 1. The summed E-state index contributed by atoms with van der Waals surface area (Å²) >= 11 is 0. The molecule has 1 aromatic heterocycles. The number of nitrogens with one attached hydrogen (secondary N) is 2. The Morgan fingerprint density at radius 1 is 1.24 bits per heavy atom. The van der Waals surface area contributed by atoms with Gasteiger partial charge in [-0.3, -0.25) is 4.99 Å². The van der Waals surface area contributed by atoms with E-state index in [4.69, 9.17) is 4.74 Å². The van der Waals surface area contributed by atoms with E-state index in [1.165, 1.54) is 24.8 Å². The summed E-state index contributed by atoms with van der Waals surface area (Å²) in [6.07, 6.45) is 6.78. The lowest BCUT2D eigenvalue weighted by Gasteiger charge is -2.18. The van der Waals surface area contributed by atoms with Gasteiger partial charge in [0.2, 0.25) is 0 Å². The van der Waals surface area contributed by atoms with E-state index in [2.05, 4.69) is 56.4 Å². The molecule has 2 aromatic rings. The smallest absolute Gasteiger partial charge is 0.191 e. The van der Waals surface area contributed by atoms with Crippen LogP contribution in [0.3, 0.4) is 0 Å². The van der Waals surface area contributed by atoms with Crippen LogP contribution in [0.2, 0.25) is 0 Å². The maximum Gasteiger partial charge on any atom is 0.191 e. The van der Waals surface area contributed by atoms with Gasteiger partial charge in [-0.25, -0.2) is 0 Å². The van der Waals surface area contributed by atoms with Gasteiger partial charge in [0, 0.05) is 33.0 Å². The molecule has 7 nitrogen and oxygen atoms in total. The fourth-order valence-corrected chi connectivity index (χ4v) is 3.61. The number of hydrogen-bond acceptors (Lipinski definition) is 4. The van der Waals surface area contributed by atoms with Crippen LogP contribution in [-0.4, -0.2) is 47.0 Å². The van der Waals surface area contributed by atoms with Crippen LogP contribution in [0.4, 0.5) is 0 Å². The zero-order chi connectivity index (χ0) is 20.5. The van der Waals surface area contributed by atoms with Gasteiger partial charge in [0.1, 0.15) is 23.5 Å². The summed E-state index contributed by atoms with van der Waals surface area (Å²) in [7, 11) is 1.79. The second kappa shape index (κ2) is 10.8. The van der Waals surface area contributed by atoms with Crippen molar-refractivity contribution >= 4 is 5.96 Å². The van der Waals surface area contributed by atoms with E-state index in [0.717, 1.165) is 55.7 Å². The molecule has 3 rings (SSSR count). The second-order valence-corrected chi connectivity index (χ2v) is 7.72. The minimum Gasteiger partial charge on any atom is -0.489 e. The quantitative estimate of drug-likeness (QED) is 0.406. The number of hydrogen-bond donors (Lipinski definition) is 2. The third-order valence-corrected chi connectivity index (χ3v) is 5.16. The second-order valence-electron chi connectivity index (χ2n) is 7.72. The van der Waals surface area contributed by atoms with Crippen molar-refractivity contribution in [3.8, 4) is 5.75 Å². The molecule has 2 heterocycles. The molecule has 1 aliphatic heterocycles. The summed E-state index contributed by atoms with van der Waals surface area (Å²) in [5.74, 6) is 3.97. The fourth-order valence-electron chi connectivity index (χ4n) is 3.61. The number of rotatable bonds is 8. The lowest BCUT2D eigenvalue weighted by atomic mass is 10.2. The standard InChI is InChI=1S/C22H34N6O/c1-17-9-7-10-19(15-17)29-18(2)16-25-22(23-3)24-13-8-12-21-27-26-20-11-5-4-6-14-28(20)21/h7,9-10,15,18H,4-6,8,11-14,16H2,1-3H3,(H2,23,24,25). The average Bonchev–Trinajstić information content (AvgIpc) is 2.93. The summed E-state index contributed by atoms with van der Waals surface area (Å²) in [6, 6.07) is 8.12. The molecule has 2 N–H and O–H groups in total. The van der Waals surface area contributed by atoms with Crippen LogP contribution in [0, 0.1) is 6.92 Å². The predicted octanol–water partition coefficient (Wildman–Crippen LogP) is 2.88. The highest BCUT2D eigenvalue weighted by Crippen LogP contribution is 2.15. The van der Waals surface area contributed by atoms with Crippen LogP contribution in [0.15, 0.2) is 29.3 Å². The first-order valence-corrected chi connectivity index (χ1v) is 10.7. The lowest BCUT2D eigenvalue weighted by molar-refractivity contribution is 0.223. The van der Waals surface area contributed by atoms with Crippen LogP contribution < -0.4 is 15.4 Å². The van der Waals surface area contributed by atoms with Crippen molar-refractivity contribution in [2.75, 3.05) is 20.1 Å². The van der Waals surface area contributed by atoms with Gasteiger partial charge in [-0.1, -0.05) is 18.6 Å². The molecule has 0 radical (unpaired) electrons. The van der Waals surface area contributed by atoms with Gasteiger partial charge in [0.15, 0.2) is 5.96 Å². The van der Waals surface area contributed by atoms with Gasteiger partial charge < -0.3 is 19.9 Å². The van der Waals surface area contributed by atoms with Gasteiger partial charge >= 0.3 is 0 Å². The molecule has 0 fully saturated rings. The fraction of sp³-hybridized carbons (Fsp3) is 0.591. The highest BCUT2D eigenvalue weighted by atomic mass is 16.5. The van der Waals surface area contributed by atoms with Crippen molar-refractivity contribution in [1.29, 1.82) is 0 Å². The monoisotopic (exact) mass is 398 g/mol. The number of fused-ring (bicyclic) bond motifs is 1. The van der Waals surface area contributed by atoms with E-state index in [1.54, 1.807) is 7.05 Å². The Morgan fingerprint density at radius 2 is 2.14 bits per heavy atom. The summed E-state index contributed by atoms with van der Waals surface area (Å²) < 4.78 is 8.29. The Bertz CT molecular complexity index is 800. The third-order valence-electron chi connectivity index (χ3n) is 5.16. The first-order valence-electron chi connectivity index (χ1n) is 10.7. The molecular weight excluding hydrogens is 364 g/mol. The molecule has 158 valence electrons. The van der Waals surface area contributed by atoms with Crippen LogP contribution in [0.5, 0.6) is 5.75 Å². The van der Waals surface area contributed by atoms with Crippen molar-refractivity contribution in [2.45, 2.75) is 65.0 Å². The molecule has 0 spiro atoms. The topological polar surface area (TPSA) is 76.4 Å². The summed E-state index contributed by atoms with van der Waals surface area (Å²) in [6.45, 7) is 6.71.